The fourth-order valence-corrected chi connectivity index (χ4v) is 5.38. The Bertz CT molecular complexity index is 1540. The van der Waals surface area contributed by atoms with Crippen molar-refractivity contribution >= 4 is 17.7 Å². The lowest BCUT2D eigenvalue weighted by Crippen LogP contribution is -2.58. The number of hydrogen-bond acceptors (Lipinski definition) is 8. The maximum Gasteiger partial charge on any atom is 0.274 e. The predicted molar refractivity (Wildman–Crippen MR) is 160 cm³/mol. The number of carbonyl (C=O) groups excluding carboxylic acids is 3. The zero-order valence-corrected chi connectivity index (χ0v) is 24.7. The van der Waals surface area contributed by atoms with Gasteiger partial charge in [0.2, 0.25) is 11.8 Å². The molecule has 2 N–H and O–H groups in total. The van der Waals surface area contributed by atoms with Gasteiger partial charge in [-0.2, -0.15) is 5.10 Å². The van der Waals surface area contributed by atoms with Crippen molar-refractivity contribution in [3.05, 3.63) is 87.8 Å². The summed E-state index contributed by atoms with van der Waals surface area (Å²) in [5, 5.41) is 16.5. The first-order valence-electron chi connectivity index (χ1n) is 14.8. The quantitative estimate of drug-likeness (QED) is 0.458. The second-order valence-corrected chi connectivity index (χ2v) is 11.0. The Morgan fingerprint density at radius 2 is 1.84 bits per heavy atom. The molecule has 3 aromatic rings. The fraction of sp³-hybridized carbons (Fsp3) is 0.406. The number of nitrogens with zero attached hydrogens (tertiary/aromatic N) is 4. The largest absolute Gasteiger partial charge is 0.457 e. The molecule has 6 rings (SSSR count). The van der Waals surface area contributed by atoms with Crippen LogP contribution in [0.1, 0.15) is 40.9 Å². The molecular formula is C32H37N5O7. The monoisotopic (exact) mass is 603 g/mol. The summed E-state index contributed by atoms with van der Waals surface area (Å²) in [5.41, 5.74) is 1.64. The molecule has 3 amide bonds. The molecule has 12 nitrogen and oxygen atoms in total. The van der Waals surface area contributed by atoms with Crippen molar-refractivity contribution in [2.45, 2.75) is 44.4 Å². The van der Waals surface area contributed by atoms with Crippen LogP contribution in [0.5, 0.6) is 11.5 Å². The van der Waals surface area contributed by atoms with Gasteiger partial charge in [0.25, 0.3) is 11.5 Å². The van der Waals surface area contributed by atoms with Crippen molar-refractivity contribution in [3.63, 3.8) is 0 Å². The van der Waals surface area contributed by atoms with Gasteiger partial charge in [-0.05, 0) is 60.7 Å². The number of aromatic nitrogens is 2. The number of aryl methyl sites for hydroxylation is 2. The molecule has 1 saturated heterocycles. The zero-order valence-electron chi connectivity index (χ0n) is 24.7. The molecule has 0 saturated carbocycles. The predicted octanol–water partition coefficient (Wildman–Crippen LogP) is 1.65. The van der Waals surface area contributed by atoms with Crippen molar-refractivity contribution < 1.29 is 29.0 Å². The van der Waals surface area contributed by atoms with E-state index in [0.717, 1.165) is 15.8 Å². The number of hydrogen-bond donors (Lipinski definition) is 2. The fourth-order valence-electron chi connectivity index (χ4n) is 5.38. The van der Waals surface area contributed by atoms with Gasteiger partial charge < -0.3 is 29.7 Å². The Labute approximate surface area is 255 Å². The van der Waals surface area contributed by atoms with E-state index >= 15 is 0 Å². The molecule has 4 heterocycles. The zero-order chi connectivity index (χ0) is 31.1. The van der Waals surface area contributed by atoms with Crippen LogP contribution in [0, 0.1) is 0 Å². The van der Waals surface area contributed by atoms with Crippen LogP contribution < -0.4 is 15.6 Å². The van der Waals surface area contributed by atoms with E-state index in [4.69, 9.17) is 9.47 Å². The van der Waals surface area contributed by atoms with Crippen molar-refractivity contribution in [1.82, 2.24) is 24.9 Å². The average Bonchev–Trinajstić information content (AvgIpc) is 3.02. The normalized spacial score (nSPS) is 19.7. The van der Waals surface area contributed by atoms with Crippen LogP contribution in [0.15, 0.2) is 65.5 Å². The number of likely N-dealkylation sites (tertiary alicyclic amines) is 1. The number of nitrogens with one attached hydrogen (secondary N) is 1. The Morgan fingerprint density at radius 1 is 1.02 bits per heavy atom. The van der Waals surface area contributed by atoms with E-state index < -0.39 is 12.1 Å². The summed E-state index contributed by atoms with van der Waals surface area (Å²) in [7, 11) is 1.48. The Hall–Kier alpha value is -4.55. The molecule has 12 heteroatoms. The number of aliphatic hydroxyl groups excluding tert-OH is 1. The van der Waals surface area contributed by atoms with E-state index in [9.17, 15) is 24.3 Å². The third-order valence-corrected chi connectivity index (χ3v) is 7.79. The van der Waals surface area contributed by atoms with Crippen LogP contribution in [0.2, 0.25) is 0 Å². The third kappa shape index (κ3) is 7.88. The maximum absolute atomic E-state index is 13.4. The molecular weight excluding hydrogens is 566 g/mol. The van der Waals surface area contributed by atoms with E-state index in [2.05, 4.69) is 10.4 Å². The molecule has 3 aliphatic rings. The smallest absolute Gasteiger partial charge is 0.274 e. The summed E-state index contributed by atoms with van der Waals surface area (Å²) >= 11 is 0. The molecule has 0 unspecified atom stereocenters. The van der Waals surface area contributed by atoms with Crippen LogP contribution in [-0.4, -0.2) is 87.3 Å². The highest BCUT2D eigenvalue weighted by molar-refractivity contribution is 5.92. The molecule has 232 valence electrons. The number of carbonyl (C=O) groups is 3. The standard InChI is InChI=1S/C32H37N5O7/c1-35-30(40)13-11-26(34-35)32(42)37-16-14-28-27(19-37)33-29(39)20-36(15-3-17-38)31(41)12-8-22-6-9-24(10-7-22)44-25-5-2-4-23(18-25)21-43-28/h2,4-7,9-11,13,18,27-28,38H,3,8,12,14-17,19-21H2,1H3,(H,33,39)/t27-,28-/m0/s1. The Morgan fingerprint density at radius 3 is 2.61 bits per heavy atom. The van der Waals surface area contributed by atoms with Crippen molar-refractivity contribution in [3.8, 4) is 11.5 Å². The lowest BCUT2D eigenvalue weighted by Gasteiger charge is -2.39. The van der Waals surface area contributed by atoms with Gasteiger partial charge >= 0.3 is 0 Å². The maximum atomic E-state index is 13.4. The van der Waals surface area contributed by atoms with Gasteiger partial charge in [0.1, 0.15) is 17.2 Å². The molecule has 3 aliphatic heterocycles. The first kappa shape index (κ1) is 30.9. The van der Waals surface area contributed by atoms with Gasteiger partial charge in [-0.15, -0.1) is 0 Å². The van der Waals surface area contributed by atoms with Crippen LogP contribution >= 0.6 is 0 Å². The van der Waals surface area contributed by atoms with Gasteiger partial charge in [0, 0.05) is 45.8 Å². The molecule has 2 atom stereocenters. The Kier molecular flexibility index (Phi) is 10.0. The first-order chi connectivity index (χ1) is 21.3. The van der Waals surface area contributed by atoms with Crippen LogP contribution in [0.25, 0.3) is 0 Å². The minimum Gasteiger partial charge on any atom is -0.457 e. The van der Waals surface area contributed by atoms with E-state index in [0.29, 0.717) is 37.3 Å². The molecule has 0 spiro atoms. The van der Waals surface area contributed by atoms with E-state index in [1.165, 1.54) is 24.1 Å². The topological polar surface area (TPSA) is 143 Å². The molecule has 4 bridgehead atoms. The molecule has 0 aliphatic carbocycles. The van der Waals surface area contributed by atoms with Gasteiger partial charge in [-0.3, -0.25) is 19.2 Å². The van der Waals surface area contributed by atoms with Gasteiger partial charge in [0.15, 0.2) is 0 Å². The molecule has 44 heavy (non-hydrogen) atoms. The highest BCUT2D eigenvalue weighted by Crippen LogP contribution is 2.25. The third-order valence-electron chi connectivity index (χ3n) is 7.79. The second-order valence-electron chi connectivity index (χ2n) is 11.0. The minimum absolute atomic E-state index is 0.109. The van der Waals surface area contributed by atoms with Gasteiger partial charge in [0.05, 0.1) is 25.3 Å². The summed E-state index contributed by atoms with van der Waals surface area (Å²) < 4.78 is 13.5. The summed E-state index contributed by atoms with van der Waals surface area (Å²) in [6.07, 6.45) is 1.05. The van der Waals surface area contributed by atoms with E-state index in [-0.39, 0.29) is 68.2 Å². The number of piperidine rings is 1. The number of amides is 3. The van der Waals surface area contributed by atoms with Gasteiger partial charge in [-0.1, -0.05) is 24.3 Å². The summed E-state index contributed by atoms with van der Waals surface area (Å²) in [4.78, 5) is 54.7. The molecule has 2 aromatic carbocycles. The molecule has 1 fully saturated rings. The van der Waals surface area contributed by atoms with Crippen LogP contribution in [0.3, 0.4) is 0 Å². The molecule has 0 radical (unpaired) electrons. The Balaban J connectivity index is 1.39. The van der Waals surface area contributed by atoms with E-state index in [1.54, 1.807) is 4.90 Å². The minimum atomic E-state index is -0.570. The summed E-state index contributed by atoms with van der Waals surface area (Å²) in [5.74, 6) is 0.376. The average molecular weight is 604 g/mol. The van der Waals surface area contributed by atoms with Crippen molar-refractivity contribution in [2.24, 2.45) is 7.05 Å². The summed E-state index contributed by atoms with van der Waals surface area (Å²) in [6.45, 7) is 0.709. The first-order valence-corrected chi connectivity index (χ1v) is 14.8. The highest BCUT2D eigenvalue weighted by Gasteiger charge is 2.34. The van der Waals surface area contributed by atoms with E-state index in [1.807, 2.05) is 48.5 Å². The van der Waals surface area contributed by atoms with Gasteiger partial charge in [-0.25, -0.2) is 4.68 Å². The second kappa shape index (κ2) is 14.3. The lowest BCUT2D eigenvalue weighted by atomic mass is 10.0. The highest BCUT2D eigenvalue weighted by atomic mass is 16.5. The van der Waals surface area contributed by atoms with Crippen LogP contribution in [-0.2, 0) is 34.4 Å². The number of rotatable bonds is 4. The molecule has 1 aromatic heterocycles. The lowest BCUT2D eigenvalue weighted by molar-refractivity contribution is -0.137. The number of aliphatic hydroxyl groups is 1. The SMILES string of the molecule is Cn1nc(C(=O)N2CC[C@@H]3OCc4cccc(c4)Oc4ccc(cc4)CCC(=O)N(CCCO)CC(=O)N[C@H]3C2)ccc1=O. The van der Waals surface area contributed by atoms with Crippen LogP contribution in [0.4, 0.5) is 0 Å². The number of benzene rings is 2. The number of ether oxygens (including phenoxy) is 2. The van der Waals surface area contributed by atoms with Crippen molar-refractivity contribution in [2.75, 3.05) is 32.8 Å². The number of fused-ring (bicyclic) bond motifs is 9. The van der Waals surface area contributed by atoms with Crippen molar-refractivity contribution in [1.29, 1.82) is 0 Å². The summed E-state index contributed by atoms with van der Waals surface area (Å²) in [6, 6.07) is 17.2.